The first-order chi connectivity index (χ1) is 11.6. The molecule has 1 atom stereocenters. The van der Waals surface area contributed by atoms with Gasteiger partial charge in [-0.15, -0.1) is 0 Å². The number of nitrogens with one attached hydrogen (secondary N) is 1. The number of ether oxygens (including phenoxy) is 2. The van der Waals surface area contributed by atoms with Crippen molar-refractivity contribution < 1.29 is 14.3 Å². The molecular formula is C18H21N3O3. The lowest BCUT2D eigenvalue weighted by molar-refractivity contribution is -0.117. The molecular weight excluding hydrogens is 306 g/mol. The van der Waals surface area contributed by atoms with E-state index in [-0.39, 0.29) is 11.9 Å². The molecule has 1 amide bonds. The summed E-state index contributed by atoms with van der Waals surface area (Å²) in [6.45, 7) is 3.05. The average molecular weight is 327 g/mol. The van der Waals surface area contributed by atoms with Gasteiger partial charge < -0.3 is 25.4 Å². The van der Waals surface area contributed by atoms with Crippen LogP contribution in [0, 0.1) is 0 Å². The molecule has 0 bridgehead atoms. The predicted molar refractivity (Wildman–Crippen MR) is 94.8 cm³/mol. The highest BCUT2D eigenvalue weighted by atomic mass is 16.5. The molecule has 0 aliphatic carbocycles. The Kier molecular flexibility index (Phi) is 4.46. The van der Waals surface area contributed by atoms with Gasteiger partial charge in [0.2, 0.25) is 5.91 Å². The van der Waals surface area contributed by atoms with E-state index in [1.165, 1.54) is 0 Å². The molecule has 0 saturated heterocycles. The summed E-state index contributed by atoms with van der Waals surface area (Å²) in [6.07, 6.45) is 0. The van der Waals surface area contributed by atoms with Gasteiger partial charge in [-0.2, -0.15) is 0 Å². The molecule has 2 aromatic carbocycles. The Bertz CT molecular complexity index is 731. The molecule has 126 valence electrons. The van der Waals surface area contributed by atoms with Crippen molar-refractivity contribution in [1.29, 1.82) is 0 Å². The van der Waals surface area contributed by atoms with Gasteiger partial charge >= 0.3 is 0 Å². The highest BCUT2D eigenvalue weighted by Gasteiger charge is 2.27. The number of benzene rings is 2. The van der Waals surface area contributed by atoms with Gasteiger partial charge in [0.05, 0.1) is 19.3 Å². The molecule has 3 rings (SSSR count). The van der Waals surface area contributed by atoms with E-state index in [1.807, 2.05) is 48.2 Å². The van der Waals surface area contributed by atoms with Crippen LogP contribution in [0.5, 0.6) is 11.5 Å². The standard InChI is InChI=1S/C18H21N3O3/c1-12(18(22)20-14-4-6-15(23-2)7-5-14)21-9-10-24-17-11-13(19)3-8-16(17)21/h3-8,11-12H,9-10,19H2,1-2H3,(H,20,22). The summed E-state index contributed by atoms with van der Waals surface area (Å²) in [5.74, 6) is 1.39. The molecule has 1 heterocycles. The SMILES string of the molecule is COc1ccc(NC(=O)C(C)N2CCOc3cc(N)ccc32)cc1. The smallest absolute Gasteiger partial charge is 0.246 e. The Labute approximate surface area is 141 Å². The third-order valence-corrected chi connectivity index (χ3v) is 4.09. The molecule has 1 aliphatic rings. The van der Waals surface area contributed by atoms with Crippen LogP contribution in [0.25, 0.3) is 0 Å². The van der Waals surface area contributed by atoms with Crippen molar-refractivity contribution in [2.45, 2.75) is 13.0 Å². The van der Waals surface area contributed by atoms with Crippen molar-refractivity contribution >= 4 is 23.0 Å². The maximum atomic E-state index is 12.6. The molecule has 0 radical (unpaired) electrons. The molecule has 0 fully saturated rings. The van der Waals surface area contributed by atoms with E-state index in [0.717, 1.165) is 17.1 Å². The number of hydrogen-bond donors (Lipinski definition) is 2. The second kappa shape index (κ2) is 6.70. The van der Waals surface area contributed by atoms with Crippen molar-refractivity contribution in [2.75, 3.05) is 36.2 Å². The summed E-state index contributed by atoms with van der Waals surface area (Å²) in [6, 6.07) is 12.4. The number of nitrogen functional groups attached to an aromatic ring is 1. The molecule has 2 aromatic rings. The van der Waals surface area contributed by atoms with E-state index in [2.05, 4.69) is 5.32 Å². The molecule has 0 saturated carbocycles. The molecule has 0 spiro atoms. The number of nitrogens with zero attached hydrogens (tertiary/aromatic N) is 1. The summed E-state index contributed by atoms with van der Waals surface area (Å²) >= 11 is 0. The van der Waals surface area contributed by atoms with Crippen LogP contribution in [0.15, 0.2) is 42.5 Å². The van der Waals surface area contributed by atoms with Gasteiger partial charge in [0.15, 0.2) is 0 Å². The normalized spacial score (nSPS) is 14.3. The van der Waals surface area contributed by atoms with Gasteiger partial charge in [-0.05, 0) is 43.3 Å². The maximum absolute atomic E-state index is 12.6. The van der Waals surface area contributed by atoms with Crippen LogP contribution >= 0.6 is 0 Å². The fourth-order valence-electron chi connectivity index (χ4n) is 2.72. The quantitative estimate of drug-likeness (QED) is 0.844. The van der Waals surface area contributed by atoms with Crippen molar-refractivity contribution in [3.05, 3.63) is 42.5 Å². The van der Waals surface area contributed by atoms with Crippen LogP contribution in [0.2, 0.25) is 0 Å². The van der Waals surface area contributed by atoms with Gasteiger partial charge in [-0.3, -0.25) is 4.79 Å². The number of methoxy groups -OCH3 is 1. The molecule has 3 N–H and O–H groups in total. The third kappa shape index (κ3) is 3.22. The van der Waals surface area contributed by atoms with Crippen LogP contribution in [0.4, 0.5) is 17.1 Å². The monoisotopic (exact) mass is 327 g/mol. The van der Waals surface area contributed by atoms with Crippen molar-refractivity contribution in [2.24, 2.45) is 0 Å². The molecule has 6 heteroatoms. The largest absolute Gasteiger partial charge is 0.497 e. The van der Waals surface area contributed by atoms with E-state index in [4.69, 9.17) is 15.2 Å². The van der Waals surface area contributed by atoms with E-state index >= 15 is 0 Å². The Balaban J connectivity index is 1.74. The summed E-state index contributed by atoms with van der Waals surface area (Å²) < 4.78 is 10.8. The zero-order valence-electron chi connectivity index (χ0n) is 13.8. The van der Waals surface area contributed by atoms with E-state index in [0.29, 0.717) is 24.6 Å². The lowest BCUT2D eigenvalue weighted by Gasteiger charge is -2.35. The van der Waals surface area contributed by atoms with Crippen molar-refractivity contribution in [1.82, 2.24) is 0 Å². The molecule has 1 aliphatic heterocycles. The second-order valence-corrected chi connectivity index (χ2v) is 5.66. The third-order valence-electron chi connectivity index (χ3n) is 4.09. The van der Waals surface area contributed by atoms with E-state index < -0.39 is 0 Å². The molecule has 0 aromatic heterocycles. The molecule has 1 unspecified atom stereocenters. The van der Waals surface area contributed by atoms with Crippen LogP contribution in [-0.2, 0) is 4.79 Å². The van der Waals surface area contributed by atoms with Crippen LogP contribution in [0.1, 0.15) is 6.92 Å². The van der Waals surface area contributed by atoms with Gasteiger partial charge in [0, 0.05) is 17.4 Å². The first kappa shape index (κ1) is 16.0. The molecule has 6 nitrogen and oxygen atoms in total. The Hall–Kier alpha value is -2.89. The lowest BCUT2D eigenvalue weighted by atomic mass is 10.1. The zero-order valence-corrected chi connectivity index (χ0v) is 13.8. The Morgan fingerprint density at radius 2 is 2.04 bits per heavy atom. The minimum Gasteiger partial charge on any atom is -0.497 e. The van der Waals surface area contributed by atoms with Gasteiger partial charge in [-0.25, -0.2) is 0 Å². The summed E-state index contributed by atoms with van der Waals surface area (Å²) in [4.78, 5) is 14.6. The van der Waals surface area contributed by atoms with Crippen LogP contribution in [0.3, 0.4) is 0 Å². The first-order valence-corrected chi connectivity index (χ1v) is 7.82. The van der Waals surface area contributed by atoms with Crippen LogP contribution in [-0.4, -0.2) is 32.2 Å². The van der Waals surface area contributed by atoms with Gasteiger partial charge in [0.1, 0.15) is 24.1 Å². The number of amides is 1. The second-order valence-electron chi connectivity index (χ2n) is 5.66. The van der Waals surface area contributed by atoms with Gasteiger partial charge in [-0.1, -0.05) is 0 Å². The number of hydrogen-bond acceptors (Lipinski definition) is 5. The van der Waals surface area contributed by atoms with Gasteiger partial charge in [0.25, 0.3) is 0 Å². The van der Waals surface area contributed by atoms with E-state index in [1.54, 1.807) is 13.2 Å². The summed E-state index contributed by atoms with van der Waals surface area (Å²) in [5.41, 5.74) is 8.06. The number of carbonyl (C=O) groups is 1. The fraction of sp³-hybridized carbons (Fsp3) is 0.278. The average Bonchev–Trinajstić information content (AvgIpc) is 2.61. The number of fused-ring (bicyclic) bond motifs is 1. The van der Waals surface area contributed by atoms with E-state index in [9.17, 15) is 4.79 Å². The highest BCUT2D eigenvalue weighted by molar-refractivity contribution is 5.97. The predicted octanol–water partition coefficient (Wildman–Crippen LogP) is 2.50. The summed E-state index contributed by atoms with van der Waals surface area (Å²) in [7, 11) is 1.61. The highest BCUT2D eigenvalue weighted by Crippen LogP contribution is 2.34. The zero-order chi connectivity index (χ0) is 17.1. The lowest BCUT2D eigenvalue weighted by Crippen LogP contribution is -2.46. The van der Waals surface area contributed by atoms with Crippen molar-refractivity contribution in [3.63, 3.8) is 0 Å². The minimum absolute atomic E-state index is 0.0789. The van der Waals surface area contributed by atoms with Crippen molar-refractivity contribution in [3.8, 4) is 11.5 Å². The summed E-state index contributed by atoms with van der Waals surface area (Å²) in [5, 5.41) is 2.93. The minimum atomic E-state index is -0.335. The number of carbonyl (C=O) groups excluding carboxylic acids is 1. The first-order valence-electron chi connectivity index (χ1n) is 7.82. The molecule has 24 heavy (non-hydrogen) atoms. The Morgan fingerprint density at radius 3 is 2.75 bits per heavy atom. The number of nitrogens with two attached hydrogens (primary N) is 1. The number of rotatable bonds is 4. The maximum Gasteiger partial charge on any atom is 0.246 e. The fourth-order valence-corrected chi connectivity index (χ4v) is 2.72. The number of anilines is 3. The van der Waals surface area contributed by atoms with Crippen LogP contribution < -0.4 is 25.4 Å². The Morgan fingerprint density at radius 1 is 1.29 bits per heavy atom. The topological polar surface area (TPSA) is 76.8 Å².